The van der Waals surface area contributed by atoms with Crippen molar-refractivity contribution < 1.29 is 10.4 Å². The molecule has 0 saturated carbocycles. The summed E-state index contributed by atoms with van der Waals surface area (Å²) >= 11 is 5.02. The normalized spacial score (nSPS) is 10.5. The van der Waals surface area contributed by atoms with Crippen molar-refractivity contribution in [2.45, 2.75) is 0 Å². The van der Waals surface area contributed by atoms with Crippen LogP contribution in [-0.4, -0.2) is 20.4 Å². The van der Waals surface area contributed by atoms with E-state index in [4.69, 9.17) is 10.4 Å². The maximum atomic E-state index is 9.04. The zero-order chi connectivity index (χ0) is 15.5. The number of benzene rings is 1. The Morgan fingerprint density at radius 2 is 2.00 bits per heavy atom. The van der Waals surface area contributed by atoms with E-state index in [0.29, 0.717) is 11.6 Å². The van der Waals surface area contributed by atoms with Crippen molar-refractivity contribution in [3.8, 4) is 10.6 Å². The molecule has 0 bridgehead atoms. The summed E-state index contributed by atoms with van der Waals surface area (Å²) in [7, 11) is 0. The molecule has 0 fully saturated rings. The molecule has 1 aromatic carbocycles. The third kappa shape index (κ3) is 3.42. The number of hydrogen-bond donors (Lipinski definition) is 3. The topological polar surface area (TPSA) is 81.5 Å². The third-order valence-corrected chi connectivity index (χ3v) is 4.46. The third-order valence-electron chi connectivity index (χ3n) is 2.81. The fourth-order valence-electron chi connectivity index (χ4n) is 1.85. The maximum Gasteiger partial charge on any atom is 0.227 e. The number of nitrogens with zero attached hydrogens (tertiary/aromatic N) is 3. The molecule has 0 atom stereocenters. The Bertz CT molecular complexity index is 794. The molecule has 2 heterocycles. The van der Waals surface area contributed by atoms with Gasteiger partial charge in [-0.2, -0.15) is 0 Å². The van der Waals surface area contributed by atoms with Crippen LogP contribution in [0.2, 0.25) is 0 Å². The van der Waals surface area contributed by atoms with E-state index in [2.05, 4.69) is 31.2 Å². The number of nitrogens with one attached hydrogen (secondary N) is 1. The first kappa shape index (κ1) is 14.9. The molecule has 0 aliphatic heterocycles. The van der Waals surface area contributed by atoms with Crippen molar-refractivity contribution in [2.75, 3.05) is 10.5 Å². The summed E-state index contributed by atoms with van der Waals surface area (Å²) in [4.78, 5) is 9.66. The van der Waals surface area contributed by atoms with Crippen molar-refractivity contribution in [3.63, 3.8) is 0 Å². The summed E-state index contributed by atoms with van der Waals surface area (Å²) in [5, 5.41) is 21.2. The summed E-state index contributed by atoms with van der Waals surface area (Å²) in [6, 6.07) is 12.4. The zero-order valence-corrected chi connectivity index (χ0v) is 13.5. The van der Waals surface area contributed by atoms with Gasteiger partial charge in [-0.3, -0.25) is 10.4 Å². The minimum atomic E-state index is 0.0611. The van der Waals surface area contributed by atoms with Gasteiger partial charge < -0.3 is 5.32 Å². The maximum absolute atomic E-state index is 9.04. The molecule has 0 unspecified atom stereocenters. The van der Waals surface area contributed by atoms with Gasteiger partial charge in [0.15, 0.2) is 0 Å². The van der Waals surface area contributed by atoms with E-state index >= 15 is 0 Å². The SMILES string of the molecule is ON(O)c1cccc(Nc2nccc(-c3ccc(Br)s3)n2)c1. The van der Waals surface area contributed by atoms with Crippen LogP contribution in [0.4, 0.5) is 17.3 Å². The van der Waals surface area contributed by atoms with Crippen molar-refractivity contribution in [1.82, 2.24) is 9.97 Å². The van der Waals surface area contributed by atoms with Crippen molar-refractivity contribution in [1.29, 1.82) is 0 Å². The van der Waals surface area contributed by atoms with Gasteiger partial charge in [0.25, 0.3) is 0 Å². The van der Waals surface area contributed by atoms with Gasteiger partial charge in [-0.15, -0.1) is 16.6 Å². The summed E-state index contributed by atoms with van der Waals surface area (Å²) in [5.41, 5.74) is 1.70. The minimum Gasteiger partial charge on any atom is -0.324 e. The fourth-order valence-corrected chi connectivity index (χ4v) is 3.20. The highest BCUT2D eigenvalue weighted by atomic mass is 79.9. The second kappa shape index (κ2) is 6.41. The molecule has 0 aliphatic carbocycles. The molecule has 3 N–H and O–H groups in total. The lowest BCUT2D eigenvalue weighted by Gasteiger charge is -2.10. The minimum absolute atomic E-state index is 0.0611. The van der Waals surface area contributed by atoms with Crippen molar-refractivity contribution in [2.24, 2.45) is 0 Å². The van der Waals surface area contributed by atoms with E-state index in [1.807, 2.05) is 18.2 Å². The molecule has 8 heteroatoms. The molecular weight excluding hydrogens is 368 g/mol. The highest BCUT2D eigenvalue weighted by molar-refractivity contribution is 9.11. The summed E-state index contributed by atoms with van der Waals surface area (Å²) < 4.78 is 1.04. The Kier molecular flexibility index (Phi) is 4.34. The van der Waals surface area contributed by atoms with E-state index in [-0.39, 0.29) is 10.9 Å². The lowest BCUT2D eigenvalue weighted by molar-refractivity contribution is 0.0292. The molecule has 3 aromatic rings. The summed E-state index contributed by atoms with van der Waals surface area (Å²) in [6.07, 6.45) is 1.67. The van der Waals surface area contributed by atoms with Crippen LogP contribution in [0.1, 0.15) is 0 Å². The van der Waals surface area contributed by atoms with Crippen molar-refractivity contribution in [3.05, 3.63) is 52.4 Å². The Morgan fingerprint density at radius 3 is 2.73 bits per heavy atom. The molecule has 6 nitrogen and oxygen atoms in total. The average Bonchev–Trinajstić information content (AvgIpc) is 2.94. The standard InChI is InChI=1S/C14H11BrN4O2S/c15-13-5-4-12(22-13)11-6-7-16-14(18-11)17-9-2-1-3-10(8-9)19(20)21/h1-8,20-21H,(H,16,17,18). The number of aromatic nitrogens is 2. The summed E-state index contributed by atoms with van der Waals surface area (Å²) in [5.74, 6) is 0.432. The number of thiophene rings is 1. The number of halogens is 1. The number of hydrogen-bond acceptors (Lipinski definition) is 7. The van der Waals surface area contributed by atoms with Gasteiger partial charge in [-0.1, -0.05) is 6.07 Å². The first-order chi connectivity index (χ1) is 10.6. The van der Waals surface area contributed by atoms with E-state index < -0.39 is 0 Å². The van der Waals surface area contributed by atoms with Crippen molar-refractivity contribution >= 4 is 44.6 Å². The zero-order valence-electron chi connectivity index (χ0n) is 11.1. The Hall–Kier alpha value is -2.00. The molecule has 0 aliphatic rings. The smallest absolute Gasteiger partial charge is 0.227 e. The second-order valence-corrected chi connectivity index (χ2v) is 6.80. The van der Waals surface area contributed by atoms with Crippen LogP contribution >= 0.6 is 27.3 Å². The van der Waals surface area contributed by atoms with Crippen LogP contribution in [-0.2, 0) is 0 Å². The molecule has 0 radical (unpaired) electrons. The summed E-state index contributed by atoms with van der Waals surface area (Å²) in [6.45, 7) is 0. The molecule has 0 amide bonds. The lowest BCUT2D eigenvalue weighted by atomic mass is 10.3. The largest absolute Gasteiger partial charge is 0.324 e. The second-order valence-electron chi connectivity index (χ2n) is 4.33. The van der Waals surface area contributed by atoms with Gasteiger partial charge >= 0.3 is 0 Å². The van der Waals surface area contributed by atoms with E-state index in [1.54, 1.807) is 41.8 Å². The lowest BCUT2D eigenvalue weighted by Crippen LogP contribution is -2.10. The number of rotatable bonds is 4. The van der Waals surface area contributed by atoms with Crippen LogP contribution in [0.5, 0.6) is 0 Å². The fraction of sp³-hybridized carbons (Fsp3) is 0. The molecule has 3 rings (SSSR count). The van der Waals surface area contributed by atoms with Crippen LogP contribution in [0, 0.1) is 0 Å². The van der Waals surface area contributed by atoms with Crippen LogP contribution < -0.4 is 10.5 Å². The first-order valence-corrected chi connectivity index (χ1v) is 7.86. The highest BCUT2D eigenvalue weighted by Gasteiger charge is 2.06. The Morgan fingerprint density at radius 1 is 1.14 bits per heavy atom. The molecular formula is C14H11BrN4O2S. The predicted octanol–water partition coefficient (Wildman–Crippen LogP) is 4.30. The van der Waals surface area contributed by atoms with E-state index in [1.165, 1.54) is 0 Å². The van der Waals surface area contributed by atoms with Crippen LogP contribution in [0.3, 0.4) is 0 Å². The molecule has 0 saturated heterocycles. The molecule has 0 spiro atoms. The predicted molar refractivity (Wildman–Crippen MR) is 88.8 cm³/mol. The van der Waals surface area contributed by atoms with Crippen LogP contribution in [0.15, 0.2) is 52.4 Å². The van der Waals surface area contributed by atoms with E-state index in [9.17, 15) is 0 Å². The Balaban J connectivity index is 1.85. The van der Waals surface area contributed by atoms with E-state index in [0.717, 1.165) is 14.4 Å². The molecule has 2 aromatic heterocycles. The monoisotopic (exact) mass is 378 g/mol. The highest BCUT2D eigenvalue weighted by Crippen LogP contribution is 2.30. The van der Waals surface area contributed by atoms with Gasteiger partial charge in [-0.25, -0.2) is 9.97 Å². The molecule has 22 heavy (non-hydrogen) atoms. The van der Waals surface area contributed by atoms with Gasteiger partial charge in [0.05, 0.1) is 20.0 Å². The Labute approximate surface area is 138 Å². The van der Waals surface area contributed by atoms with Crippen LogP contribution in [0.25, 0.3) is 10.6 Å². The quantitative estimate of drug-likeness (QED) is 0.587. The first-order valence-electron chi connectivity index (χ1n) is 6.25. The van der Waals surface area contributed by atoms with Gasteiger partial charge in [0.2, 0.25) is 5.95 Å². The van der Waals surface area contributed by atoms with Gasteiger partial charge in [0.1, 0.15) is 0 Å². The number of anilines is 3. The average molecular weight is 379 g/mol. The molecule has 112 valence electrons. The van der Waals surface area contributed by atoms with Gasteiger partial charge in [-0.05, 0) is 52.3 Å². The van der Waals surface area contributed by atoms with Gasteiger partial charge in [0, 0.05) is 11.9 Å².